The number of halogens is 1. The van der Waals surface area contributed by atoms with Crippen molar-refractivity contribution in [2.45, 2.75) is 31.6 Å². The van der Waals surface area contributed by atoms with Crippen LogP contribution in [0.3, 0.4) is 0 Å². The lowest BCUT2D eigenvalue weighted by atomic mass is 10.1. The largest absolute Gasteiger partial charge is 0.361 e. The standard InChI is InChI=1S/C18H22ClN3O4S/c1-13-17(14(2)26-20-13)7-8-18(23)21-9-11-22(12-10-21)27(24,25)16-5-3-15(19)4-6-16/h3-6H,7-12H2,1-2H3. The summed E-state index contributed by atoms with van der Waals surface area (Å²) >= 11 is 5.83. The number of hydrogen-bond donors (Lipinski definition) is 0. The highest BCUT2D eigenvalue weighted by Crippen LogP contribution is 2.20. The first-order valence-electron chi connectivity index (χ1n) is 8.74. The number of nitrogens with zero attached hydrogens (tertiary/aromatic N) is 3. The third-order valence-electron chi connectivity index (χ3n) is 4.81. The molecule has 3 rings (SSSR count). The maximum atomic E-state index is 12.7. The number of carbonyl (C=O) groups excluding carboxylic acids is 1. The quantitative estimate of drug-likeness (QED) is 0.754. The molecule has 1 aliphatic heterocycles. The van der Waals surface area contributed by atoms with Crippen molar-refractivity contribution in [1.82, 2.24) is 14.4 Å². The summed E-state index contributed by atoms with van der Waals surface area (Å²) in [5, 5.41) is 4.38. The van der Waals surface area contributed by atoms with Crippen LogP contribution in [0.25, 0.3) is 0 Å². The third-order valence-corrected chi connectivity index (χ3v) is 6.98. The van der Waals surface area contributed by atoms with Gasteiger partial charge in [-0.25, -0.2) is 8.42 Å². The van der Waals surface area contributed by atoms with Gasteiger partial charge in [0.2, 0.25) is 15.9 Å². The molecule has 2 aromatic rings. The Bertz CT molecular complexity index is 897. The Morgan fingerprint density at radius 1 is 1.15 bits per heavy atom. The van der Waals surface area contributed by atoms with Crippen LogP contribution in [0, 0.1) is 13.8 Å². The summed E-state index contributed by atoms with van der Waals surface area (Å²) in [6, 6.07) is 6.11. The van der Waals surface area contributed by atoms with Crippen LogP contribution in [0.1, 0.15) is 23.4 Å². The Morgan fingerprint density at radius 3 is 2.33 bits per heavy atom. The van der Waals surface area contributed by atoms with Crippen LogP contribution in [0.5, 0.6) is 0 Å². The van der Waals surface area contributed by atoms with E-state index < -0.39 is 10.0 Å². The Labute approximate surface area is 163 Å². The maximum absolute atomic E-state index is 12.7. The lowest BCUT2D eigenvalue weighted by Gasteiger charge is -2.34. The zero-order chi connectivity index (χ0) is 19.6. The van der Waals surface area contributed by atoms with Crippen molar-refractivity contribution < 1.29 is 17.7 Å². The lowest BCUT2D eigenvalue weighted by molar-refractivity contribution is -0.132. The molecular formula is C18H22ClN3O4S. The fourth-order valence-electron chi connectivity index (χ4n) is 3.18. The van der Waals surface area contributed by atoms with E-state index in [0.717, 1.165) is 17.0 Å². The molecule has 1 aromatic carbocycles. The van der Waals surface area contributed by atoms with E-state index in [4.69, 9.17) is 16.1 Å². The number of sulfonamides is 1. The molecule has 0 radical (unpaired) electrons. The van der Waals surface area contributed by atoms with E-state index in [0.29, 0.717) is 31.0 Å². The summed E-state index contributed by atoms with van der Waals surface area (Å²) in [4.78, 5) is 14.4. The second-order valence-corrected chi connectivity index (χ2v) is 8.92. The predicted octanol–water partition coefficient (Wildman–Crippen LogP) is 2.41. The minimum Gasteiger partial charge on any atom is -0.361 e. The summed E-state index contributed by atoms with van der Waals surface area (Å²) in [6.07, 6.45) is 0.927. The van der Waals surface area contributed by atoms with Crippen LogP contribution in [0.4, 0.5) is 0 Å². The molecule has 0 atom stereocenters. The Hall–Kier alpha value is -1.90. The SMILES string of the molecule is Cc1noc(C)c1CCC(=O)N1CCN(S(=O)(=O)c2ccc(Cl)cc2)CC1. The van der Waals surface area contributed by atoms with Gasteiger partial charge in [0.05, 0.1) is 10.6 Å². The summed E-state index contributed by atoms with van der Waals surface area (Å²) in [5.41, 5.74) is 1.77. The van der Waals surface area contributed by atoms with Crippen LogP contribution >= 0.6 is 11.6 Å². The van der Waals surface area contributed by atoms with E-state index >= 15 is 0 Å². The van der Waals surface area contributed by atoms with Gasteiger partial charge in [-0.05, 0) is 44.5 Å². The molecule has 2 heterocycles. The average molecular weight is 412 g/mol. The number of rotatable bonds is 5. The molecule has 27 heavy (non-hydrogen) atoms. The van der Waals surface area contributed by atoms with Gasteiger partial charge in [0.15, 0.2) is 0 Å². The zero-order valence-corrected chi connectivity index (χ0v) is 16.9. The number of amides is 1. The molecule has 0 N–H and O–H groups in total. The van der Waals surface area contributed by atoms with Gasteiger partial charge in [-0.15, -0.1) is 0 Å². The molecule has 1 amide bonds. The molecule has 1 fully saturated rings. The molecule has 146 valence electrons. The number of hydrogen-bond acceptors (Lipinski definition) is 5. The Morgan fingerprint density at radius 2 is 1.78 bits per heavy atom. The second kappa shape index (κ2) is 8.00. The van der Waals surface area contributed by atoms with Gasteiger partial charge >= 0.3 is 0 Å². The van der Waals surface area contributed by atoms with Gasteiger partial charge in [0.1, 0.15) is 5.76 Å². The Kier molecular flexibility index (Phi) is 5.88. The first kappa shape index (κ1) is 19.9. The molecule has 0 spiro atoms. The normalized spacial score (nSPS) is 15.9. The van der Waals surface area contributed by atoms with Gasteiger partial charge in [0.25, 0.3) is 0 Å². The lowest BCUT2D eigenvalue weighted by Crippen LogP contribution is -2.50. The van der Waals surface area contributed by atoms with Crippen LogP contribution in [0.15, 0.2) is 33.7 Å². The fraction of sp³-hybridized carbons (Fsp3) is 0.444. The van der Waals surface area contributed by atoms with Gasteiger partial charge in [-0.2, -0.15) is 4.31 Å². The number of benzene rings is 1. The van der Waals surface area contributed by atoms with Crippen molar-refractivity contribution in [2.24, 2.45) is 0 Å². The summed E-state index contributed by atoms with van der Waals surface area (Å²) < 4.78 is 31.9. The molecular weight excluding hydrogens is 390 g/mol. The first-order chi connectivity index (χ1) is 12.8. The molecule has 0 unspecified atom stereocenters. The van der Waals surface area contributed by atoms with Gasteiger partial charge in [0, 0.05) is 43.2 Å². The van der Waals surface area contributed by atoms with Crippen molar-refractivity contribution in [2.75, 3.05) is 26.2 Å². The number of aromatic nitrogens is 1. The third kappa shape index (κ3) is 4.34. The van der Waals surface area contributed by atoms with E-state index in [2.05, 4.69) is 5.16 Å². The molecule has 1 aliphatic rings. The van der Waals surface area contributed by atoms with Crippen molar-refractivity contribution in [3.8, 4) is 0 Å². The highest BCUT2D eigenvalue weighted by molar-refractivity contribution is 7.89. The van der Waals surface area contributed by atoms with Crippen LogP contribution < -0.4 is 0 Å². The predicted molar refractivity (Wildman–Crippen MR) is 101 cm³/mol. The van der Waals surface area contributed by atoms with E-state index in [1.807, 2.05) is 13.8 Å². The first-order valence-corrected chi connectivity index (χ1v) is 10.6. The fourth-order valence-corrected chi connectivity index (χ4v) is 4.73. The van der Waals surface area contributed by atoms with Gasteiger partial charge < -0.3 is 9.42 Å². The molecule has 1 saturated heterocycles. The van der Waals surface area contributed by atoms with Crippen LogP contribution in [-0.4, -0.2) is 54.9 Å². The van der Waals surface area contributed by atoms with Crippen molar-refractivity contribution in [3.63, 3.8) is 0 Å². The highest BCUT2D eigenvalue weighted by Gasteiger charge is 2.30. The molecule has 7 nitrogen and oxygen atoms in total. The molecule has 0 saturated carbocycles. The molecule has 1 aromatic heterocycles. The van der Waals surface area contributed by atoms with Crippen molar-refractivity contribution in [1.29, 1.82) is 0 Å². The van der Waals surface area contributed by atoms with Gasteiger partial charge in [-0.3, -0.25) is 4.79 Å². The second-order valence-electron chi connectivity index (χ2n) is 6.54. The van der Waals surface area contributed by atoms with E-state index in [1.165, 1.54) is 16.4 Å². The number of aryl methyl sites for hydroxylation is 2. The topological polar surface area (TPSA) is 83.7 Å². The maximum Gasteiger partial charge on any atom is 0.243 e. The van der Waals surface area contributed by atoms with E-state index in [1.54, 1.807) is 17.0 Å². The molecule has 0 bridgehead atoms. The van der Waals surface area contributed by atoms with Crippen LogP contribution in [0.2, 0.25) is 5.02 Å². The number of piperazine rings is 1. The summed E-state index contributed by atoms with van der Waals surface area (Å²) in [6.45, 7) is 5.02. The minimum absolute atomic E-state index is 0.0125. The molecule has 9 heteroatoms. The van der Waals surface area contributed by atoms with Gasteiger partial charge in [-0.1, -0.05) is 16.8 Å². The van der Waals surface area contributed by atoms with E-state index in [-0.39, 0.29) is 23.9 Å². The van der Waals surface area contributed by atoms with Crippen molar-refractivity contribution in [3.05, 3.63) is 46.3 Å². The minimum atomic E-state index is -3.57. The highest BCUT2D eigenvalue weighted by atomic mass is 35.5. The molecule has 0 aliphatic carbocycles. The summed E-state index contributed by atoms with van der Waals surface area (Å²) in [5.74, 6) is 0.748. The monoisotopic (exact) mass is 411 g/mol. The number of carbonyl (C=O) groups is 1. The van der Waals surface area contributed by atoms with Crippen LogP contribution in [-0.2, 0) is 21.2 Å². The average Bonchev–Trinajstić information content (AvgIpc) is 2.98. The van der Waals surface area contributed by atoms with E-state index in [9.17, 15) is 13.2 Å². The Balaban J connectivity index is 1.56. The smallest absolute Gasteiger partial charge is 0.243 e. The zero-order valence-electron chi connectivity index (χ0n) is 15.3. The summed E-state index contributed by atoms with van der Waals surface area (Å²) in [7, 11) is -3.57. The van der Waals surface area contributed by atoms with Crippen molar-refractivity contribution >= 4 is 27.5 Å².